The van der Waals surface area contributed by atoms with Crippen LogP contribution in [0.2, 0.25) is 0 Å². The Hall–Kier alpha value is -1.91. The van der Waals surface area contributed by atoms with Crippen LogP contribution in [0.15, 0.2) is 12.1 Å². The third-order valence-corrected chi connectivity index (χ3v) is 3.43. The van der Waals surface area contributed by atoms with Crippen molar-refractivity contribution >= 4 is 6.09 Å². The first-order chi connectivity index (χ1) is 8.58. The van der Waals surface area contributed by atoms with Gasteiger partial charge in [0.1, 0.15) is 0 Å². The fourth-order valence-corrected chi connectivity index (χ4v) is 2.41. The molecule has 1 N–H and O–H groups in total. The number of carboxylic acid groups (broad SMARTS) is 1. The largest absolute Gasteiger partial charge is 0.493 e. The number of hydrogen-bond acceptors (Lipinski definition) is 3. The number of hydrogen-bond donors (Lipinski definition) is 1. The van der Waals surface area contributed by atoms with Gasteiger partial charge in [0.2, 0.25) is 0 Å². The van der Waals surface area contributed by atoms with Crippen LogP contribution in [0.5, 0.6) is 11.5 Å². The third-order valence-electron chi connectivity index (χ3n) is 3.43. The van der Waals surface area contributed by atoms with Crippen LogP contribution in [0.25, 0.3) is 0 Å². The lowest BCUT2D eigenvalue weighted by Gasteiger charge is -2.33. The van der Waals surface area contributed by atoms with Crippen molar-refractivity contribution in [3.8, 4) is 11.5 Å². The first-order valence-electron chi connectivity index (χ1n) is 5.82. The number of fused-ring (bicyclic) bond motifs is 1. The summed E-state index contributed by atoms with van der Waals surface area (Å²) in [6, 6.07) is 3.64. The second-order valence-electron chi connectivity index (χ2n) is 4.31. The summed E-state index contributed by atoms with van der Waals surface area (Å²) in [5.41, 5.74) is 2.11. The maximum Gasteiger partial charge on any atom is 0.407 e. The molecule has 5 heteroatoms. The molecule has 2 rings (SSSR count). The molecule has 0 bridgehead atoms. The molecule has 1 aromatic carbocycles. The predicted octanol–water partition coefficient (Wildman–Crippen LogP) is 2.30. The summed E-state index contributed by atoms with van der Waals surface area (Å²) in [4.78, 5) is 12.6. The average Bonchev–Trinajstić information content (AvgIpc) is 2.37. The Morgan fingerprint density at radius 3 is 2.50 bits per heavy atom. The molecule has 0 fully saturated rings. The van der Waals surface area contributed by atoms with Crippen LogP contribution in [0.1, 0.15) is 24.1 Å². The molecule has 1 aromatic rings. The summed E-state index contributed by atoms with van der Waals surface area (Å²) in [6.45, 7) is 2.40. The van der Waals surface area contributed by atoms with Gasteiger partial charge in [-0.2, -0.15) is 0 Å². The van der Waals surface area contributed by atoms with Gasteiger partial charge in [-0.1, -0.05) is 0 Å². The molecule has 1 atom stereocenters. The number of carbonyl (C=O) groups is 1. The minimum absolute atomic E-state index is 0.161. The lowest BCUT2D eigenvalue weighted by molar-refractivity contribution is 0.124. The number of ether oxygens (including phenoxy) is 2. The molecule has 0 saturated carbocycles. The van der Waals surface area contributed by atoms with E-state index in [4.69, 9.17) is 14.6 Å². The first-order valence-corrected chi connectivity index (χ1v) is 5.82. The van der Waals surface area contributed by atoms with E-state index in [-0.39, 0.29) is 6.04 Å². The fourth-order valence-electron chi connectivity index (χ4n) is 2.41. The minimum Gasteiger partial charge on any atom is -0.493 e. The molecule has 98 valence electrons. The maximum atomic E-state index is 11.1. The minimum atomic E-state index is -0.886. The van der Waals surface area contributed by atoms with Gasteiger partial charge < -0.3 is 19.5 Å². The summed E-state index contributed by atoms with van der Waals surface area (Å²) in [6.07, 6.45) is -0.185. The molecule has 1 aliphatic heterocycles. The molecule has 5 nitrogen and oxygen atoms in total. The first kappa shape index (κ1) is 12.5. The zero-order valence-corrected chi connectivity index (χ0v) is 10.8. The number of rotatable bonds is 2. The summed E-state index contributed by atoms with van der Waals surface area (Å²) in [7, 11) is 3.17. The Morgan fingerprint density at radius 2 is 1.94 bits per heavy atom. The van der Waals surface area contributed by atoms with Crippen LogP contribution >= 0.6 is 0 Å². The molecule has 18 heavy (non-hydrogen) atoms. The molecule has 0 aromatic heterocycles. The molecular formula is C13H17NO4. The molecule has 0 spiro atoms. The zero-order valence-electron chi connectivity index (χ0n) is 10.8. The van der Waals surface area contributed by atoms with Crippen molar-refractivity contribution in [2.45, 2.75) is 19.4 Å². The van der Waals surface area contributed by atoms with Crippen molar-refractivity contribution in [3.05, 3.63) is 23.3 Å². The van der Waals surface area contributed by atoms with Crippen molar-refractivity contribution in [3.63, 3.8) is 0 Å². The lowest BCUT2D eigenvalue weighted by Crippen LogP contribution is -2.37. The lowest BCUT2D eigenvalue weighted by atomic mass is 9.93. The fraction of sp³-hybridized carbons (Fsp3) is 0.462. The molecular weight excluding hydrogens is 234 g/mol. The number of methoxy groups -OCH3 is 2. The highest BCUT2D eigenvalue weighted by Gasteiger charge is 2.28. The summed E-state index contributed by atoms with van der Waals surface area (Å²) >= 11 is 0. The Bertz CT molecular complexity index is 472. The van der Waals surface area contributed by atoms with E-state index in [2.05, 4.69) is 0 Å². The Kier molecular flexibility index (Phi) is 3.32. The topological polar surface area (TPSA) is 59.0 Å². The van der Waals surface area contributed by atoms with Crippen LogP contribution in [0.4, 0.5) is 4.79 Å². The highest BCUT2D eigenvalue weighted by Crippen LogP contribution is 2.37. The highest BCUT2D eigenvalue weighted by molar-refractivity contribution is 5.67. The number of benzene rings is 1. The van der Waals surface area contributed by atoms with E-state index in [0.717, 1.165) is 11.1 Å². The van der Waals surface area contributed by atoms with Gasteiger partial charge in [0.15, 0.2) is 11.5 Å². The van der Waals surface area contributed by atoms with E-state index in [1.54, 1.807) is 14.2 Å². The van der Waals surface area contributed by atoms with Gasteiger partial charge >= 0.3 is 6.09 Å². The van der Waals surface area contributed by atoms with Crippen molar-refractivity contribution in [2.75, 3.05) is 20.8 Å². The zero-order chi connectivity index (χ0) is 13.3. The van der Waals surface area contributed by atoms with Gasteiger partial charge in [-0.15, -0.1) is 0 Å². The summed E-state index contributed by atoms with van der Waals surface area (Å²) < 4.78 is 10.5. The SMILES string of the molecule is COc1cc2c(cc1OC)C(C)N(C(=O)O)CC2. The van der Waals surface area contributed by atoms with Gasteiger partial charge in [-0.05, 0) is 36.6 Å². The molecule has 1 aliphatic rings. The monoisotopic (exact) mass is 251 g/mol. The second-order valence-corrected chi connectivity index (χ2v) is 4.31. The van der Waals surface area contributed by atoms with Gasteiger partial charge in [0.25, 0.3) is 0 Å². The molecule has 1 heterocycles. The maximum absolute atomic E-state index is 11.1. The standard InChI is InChI=1S/C13H17NO4/c1-8-10-7-12(18-3)11(17-2)6-9(10)4-5-14(8)13(15)16/h6-8H,4-5H2,1-3H3,(H,15,16). The van der Waals surface area contributed by atoms with Gasteiger partial charge in [-0.3, -0.25) is 0 Å². The predicted molar refractivity (Wildman–Crippen MR) is 66.4 cm³/mol. The van der Waals surface area contributed by atoms with Crippen LogP contribution < -0.4 is 9.47 Å². The number of amides is 1. The van der Waals surface area contributed by atoms with Crippen molar-refractivity contribution in [1.29, 1.82) is 0 Å². The average molecular weight is 251 g/mol. The molecule has 0 aliphatic carbocycles. The molecule has 0 saturated heterocycles. The third kappa shape index (κ3) is 1.96. The van der Waals surface area contributed by atoms with E-state index >= 15 is 0 Å². The van der Waals surface area contributed by atoms with Crippen LogP contribution in [0.3, 0.4) is 0 Å². The highest BCUT2D eigenvalue weighted by atomic mass is 16.5. The van der Waals surface area contributed by atoms with E-state index in [9.17, 15) is 4.79 Å². The number of nitrogens with zero attached hydrogens (tertiary/aromatic N) is 1. The van der Waals surface area contributed by atoms with Gasteiger partial charge in [0.05, 0.1) is 20.3 Å². The smallest absolute Gasteiger partial charge is 0.407 e. The Morgan fingerprint density at radius 1 is 1.33 bits per heavy atom. The van der Waals surface area contributed by atoms with E-state index < -0.39 is 6.09 Å². The Labute approximate surface area is 106 Å². The Balaban J connectivity index is 2.45. The molecule has 1 unspecified atom stereocenters. The van der Waals surface area contributed by atoms with Crippen LogP contribution in [-0.2, 0) is 6.42 Å². The quantitative estimate of drug-likeness (QED) is 0.876. The van der Waals surface area contributed by atoms with E-state index in [0.29, 0.717) is 24.5 Å². The van der Waals surface area contributed by atoms with Crippen LogP contribution in [-0.4, -0.2) is 36.9 Å². The summed E-state index contributed by atoms with van der Waals surface area (Å²) in [5.74, 6) is 1.32. The summed E-state index contributed by atoms with van der Waals surface area (Å²) in [5, 5.41) is 9.13. The van der Waals surface area contributed by atoms with E-state index in [1.165, 1.54) is 4.90 Å². The van der Waals surface area contributed by atoms with Crippen LogP contribution in [0, 0.1) is 0 Å². The molecule has 0 radical (unpaired) electrons. The van der Waals surface area contributed by atoms with Gasteiger partial charge in [-0.25, -0.2) is 4.79 Å². The normalized spacial score (nSPS) is 18.2. The van der Waals surface area contributed by atoms with Crippen molar-refractivity contribution < 1.29 is 19.4 Å². The van der Waals surface area contributed by atoms with Crippen molar-refractivity contribution in [2.24, 2.45) is 0 Å². The molecule has 1 amide bonds. The van der Waals surface area contributed by atoms with Crippen molar-refractivity contribution in [1.82, 2.24) is 4.90 Å². The van der Waals surface area contributed by atoms with Gasteiger partial charge in [0, 0.05) is 6.54 Å². The van der Waals surface area contributed by atoms with E-state index in [1.807, 2.05) is 19.1 Å². The second kappa shape index (κ2) is 4.76.